The van der Waals surface area contributed by atoms with E-state index in [4.69, 9.17) is 0 Å². The van der Waals surface area contributed by atoms with E-state index in [1.54, 1.807) is 0 Å². The summed E-state index contributed by atoms with van der Waals surface area (Å²) in [5.41, 5.74) is -3.21. The summed E-state index contributed by atoms with van der Waals surface area (Å²) in [5, 5.41) is 10.8. The Labute approximate surface area is 140 Å². The Morgan fingerprint density at radius 2 is 1.42 bits per heavy atom. The molecule has 132 valence electrons. The molecule has 0 saturated heterocycles. The Morgan fingerprint density at radius 1 is 1.00 bits per heavy atom. The van der Waals surface area contributed by atoms with Gasteiger partial charge in [0, 0.05) is 0 Å². The highest BCUT2D eigenvalue weighted by molar-refractivity contribution is 4.90. The Hall–Kier alpha value is -2.15. The lowest BCUT2D eigenvalue weighted by molar-refractivity contribution is -0.0244. The van der Waals surface area contributed by atoms with Gasteiger partial charge in [-0.15, -0.1) is 13.2 Å². The maximum Gasteiger partial charge on any atom is 0.336 e. The third kappa shape index (κ3) is 3.51. The van der Waals surface area contributed by atoms with Gasteiger partial charge in [-0.3, -0.25) is 0 Å². The fraction of sp³-hybridized carbons (Fsp3) is 0.588. The second kappa shape index (κ2) is 7.17. The molecule has 0 unspecified atom stereocenters. The zero-order valence-electron chi connectivity index (χ0n) is 14.1. The van der Waals surface area contributed by atoms with Crippen LogP contribution < -0.4 is 17.1 Å². The molecule has 7 nitrogen and oxygen atoms in total. The maximum atomic E-state index is 12.6. The highest BCUT2D eigenvalue weighted by Crippen LogP contribution is 2.32. The maximum absolute atomic E-state index is 12.6. The molecule has 0 amide bonds. The molecule has 1 heterocycles. The molecule has 1 aliphatic rings. The average Bonchev–Trinajstić information content (AvgIpc) is 2.55. The summed E-state index contributed by atoms with van der Waals surface area (Å²) in [6.07, 6.45) is 5.60. The summed E-state index contributed by atoms with van der Waals surface area (Å²) in [4.78, 5) is 37.4. The van der Waals surface area contributed by atoms with Gasteiger partial charge in [-0.25, -0.2) is 28.1 Å². The molecular weight excluding hydrogens is 310 g/mol. The van der Waals surface area contributed by atoms with Gasteiger partial charge in [-0.1, -0.05) is 19.1 Å². The van der Waals surface area contributed by atoms with Crippen molar-refractivity contribution in [1.82, 2.24) is 13.7 Å². The topological polar surface area (TPSA) is 86.2 Å². The highest BCUT2D eigenvalue weighted by atomic mass is 16.3. The molecule has 1 fully saturated rings. The van der Waals surface area contributed by atoms with Crippen LogP contribution in [0, 0.1) is 5.92 Å². The van der Waals surface area contributed by atoms with Gasteiger partial charge in [0.15, 0.2) is 0 Å². The lowest BCUT2D eigenvalue weighted by Gasteiger charge is -2.35. The monoisotopic (exact) mass is 335 g/mol. The molecule has 1 N–H and O–H groups in total. The van der Waals surface area contributed by atoms with E-state index in [0.717, 1.165) is 26.5 Å². The fourth-order valence-corrected chi connectivity index (χ4v) is 3.14. The van der Waals surface area contributed by atoms with E-state index in [0.29, 0.717) is 18.8 Å². The zero-order valence-corrected chi connectivity index (χ0v) is 14.1. The van der Waals surface area contributed by atoms with Gasteiger partial charge in [0.2, 0.25) is 0 Å². The van der Waals surface area contributed by atoms with E-state index in [1.807, 2.05) is 0 Å². The average molecular weight is 335 g/mol. The molecule has 1 aromatic rings. The predicted octanol–water partition coefficient (Wildman–Crippen LogP) is 0.485. The molecule has 2 rings (SSSR count). The van der Waals surface area contributed by atoms with Crippen molar-refractivity contribution < 1.29 is 5.11 Å². The van der Waals surface area contributed by atoms with E-state index in [9.17, 15) is 19.5 Å². The van der Waals surface area contributed by atoms with Crippen LogP contribution >= 0.6 is 0 Å². The van der Waals surface area contributed by atoms with Crippen molar-refractivity contribution in [2.75, 3.05) is 0 Å². The van der Waals surface area contributed by atoms with Crippen molar-refractivity contribution in [3.63, 3.8) is 0 Å². The number of rotatable bonds is 6. The van der Waals surface area contributed by atoms with E-state index < -0.39 is 22.7 Å². The molecule has 1 aliphatic carbocycles. The number of aromatic nitrogens is 3. The summed E-state index contributed by atoms with van der Waals surface area (Å²) >= 11 is 0. The molecule has 0 atom stereocenters. The molecule has 0 aromatic carbocycles. The Bertz CT molecular complexity index is 743. The molecule has 0 spiro atoms. The zero-order chi connectivity index (χ0) is 17.9. The quantitative estimate of drug-likeness (QED) is 0.767. The standard InChI is InChI=1S/C17H25N3O4/c1-4-10-18-14(21)19(11-5-2)16(23)20(15(18)22)12-17(24)8-6-13(3)7-9-17/h4-5,13,24H,1-2,6-12H2,3H3. The van der Waals surface area contributed by atoms with Gasteiger partial charge in [0.1, 0.15) is 0 Å². The fourth-order valence-electron chi connectivity index (χ4n) is 3.14. The minimum Gasteiger partial charge on any atom is -0.388 e. The molecular formula is C17H25N3O4. The van der Waals surface area contributed by atoms with Crippen molar-refractivity contribution in [3.8, 4) is 0 Å². The minimum atomic E-state index is -1.10. The first-order valence-electron chi connectivity index (χ1n) is 8.21. The molecule has 24 heavy (non-hydrogen) atoms. The van der Waals surface area contributed by atoms with Gasteiger partial charge in [-0.2, -0.15) is 0 Å². The first-order chi connectivity index (χ1) is 11.3. The van der Waals surface area contributed by atoms with Gasteiger partial charge in [0.25, 0.3) is 0 Å². The molecule has 0 aliphatic heterocycles. The SMILES string of the molecule is C=CCn1c(=O)n(CC=C)c(=O)n(CC2(O)CCC(C)CC2)c1=O. The number of aliphatic hydroxyl groups is 1. The first kappa shape index (κ1) is 18.2. The van der Waals surface area contributed by atoms with Gasteiger partial charge < -0.3 is 5.11 Å². The smallest absolute Gasteiger partial charge is 0.336 e. The van der Waals surface area contributed by atoms with Crippen LogP contribution in [-0.4, -0.2) is 24.4 Å². The summed E-state index contributed by atoms with van der Waals surface area (Å²) in [7, 11) is 0. The third-order valence-electron chi connectivity index (χ3n) is 4.67. The summed E-state index contributed by atoms with van der Waals surface area (Å²) in [5.74, 6) is 0.522. The number of hydrogen-bond donors (Lipinski definition) is 1. The lowest BCUT2D eigenvalue weighted by atomic mass is 9.79. The van der Waals surface area contributed by atoms with Crippen LogP contribution in [0.5, 0.6) is 0 Å². The van der Waals surface area contributed by atoms with E-state index in [-0.39, 0.29) is 19.6 Å². The lowest BCUT2D eigenvalue weighted by Crippen LogP contribution is -2.57. The second-order valence-corrected chi connectivity index (χ2v) is 6.64. The van der Waals surface area contributed by atoms with E-state index in [1.165, 1.54) is 12.2 Å². The molecule has 0 radical (unpaired) electrons. The number of allylic oxidation sites excluding steroid dienone is 2. The second-order valence-electron chi connectivity index (χ2n) is 6.64. The number of hydrogen-bond acceptors (Lipinski definition) is 4. The van der Waals surface area contributed by atoms with Crippen LogP contribution in [0.25, 0.3) is 0 Å². The molecule has 1 saturated carbocycles. The van der Waals surface area contributed by atoms with Crippen molar-refractivity contribution in [1.29, 1.82) is 0 Å². The first-order valence-corrected chi connectivity index (χ1v) is 8.21. The van der Waals surface area contributed by atoms with Gasteiger partial charge in [-0.05, 0) is 31.6 Å². The Balaban J connectivity index is 2.54. The van der Waals surface area contributed by atoms with Crippen molar-refractivity contribution in [2.45, 2.75) is 57.8 Å². The highest BCUT2D eigenvalue weighted by Gasteiger charge is 2.33. The van der Waals surface area contributed by atoms with Gasteiger partial charge >= 0.3 is 17.1 Å². The van der Waals surface area contributed by atoms with Crippen molar-refractivity contribution in [2.24, 2.45) is 5.92 Å². The van der Waals surface area contributed by atoms with Crippen LogP contribution in [0.2, 0.25) is 0 Å². The van der Waals surface area contributed by atoms with Crippen LogP contribution in [0.3, 0.4) is 0 Å². The largest absolute Gasteiger partial charge is 0.388 e. The van der Waals surface area contributed by atoms with Crippen LogP contribution in [0.15, 0.2) is 39.7 Å². The summed E-state index contributed by atoms with van der Waals surface area (Å²) < 4.78 is 2.86. The molecule has 1 aromatic heterocycles. The molecule has 0 bridgehead atoms. The number of nitrogens with zero attached hydrogens (tertiary/aromatic N) is 3. The summed E-state index contributed by atoms with van der Waals surface area (Å²) in [6, 6.07) is 0. The normalized spacial score (nSPS) is 23.8. The third-order valence-corrected chi connectivity index (χ3v) is 4.67. The minimum absolute atomic E-state index is 0.00452. The Morgan fingerprint density at radius 3 is 1.83 bits per heavy atom. The Kier molecular flexibility index (Phi) is 5.43. The van der Waals surface area contributed by atoms with Crippen molar-refractivity contribution in [3.05, 3.63) is 56.8 Å². The van der Waals surface area contributed by atoms with E-state index in [2.05, 4.69) is 20.1 Å². The predicted molar refractivity (Wildman–Crippen MR) is 92.2 cm³/mol. The van der Waals surface area contributed by atoms with Gasteiger partial charge in [0.05, 0.1) is 25.2 Å². The molecule has 7 heteroatoms. The van der Waals surface area contributed by atoms with Crippen molar-refractivity contribution >= 4 is 0 Å². The van der Waals surface area contributed by atoms with Crippen LogP contribution in [-0.2, 0) is 19.6 Å². The summed E-state index contributed by atoms with van der Waals surface area (Å²) in [6.45, 7) is 9.10. The van der Waals surface area contributed by atoms with Crippen LogP contribution in [0.4, 0.5) is 0 Å². The van der Waals surface area contributed by atoms with E-state index >= 15 is 0 Å². The van der Waals surface area contributed by atoms with Crippen LogP contribution in [0.1, 0.15) is 32.6 Å².